The average molecular weight is 247 g/mol. The lowest BCUT2D eigenvalue weighted by atomic mass is 10.0. The number of piperidine rings is 1. The van der Waals surface area contributed by atoms with Crippen molar-refractivity contribution in [3.8, 4) is 0 Å². The van der Waals surface area contributed by atoms with E-state index in [-0.39, 0.29) is 0 Å². The molecule has 18 heavy (non-hydrogen) atoms. The second kappa shape index (κ2) is 6.88. The van der Waals surface area contributed by atoms with Crippen molar-refractivity contribution >= 4 is 0 Å². The zero-order valence-electron chi connectivity index (χ0n) is 11.4. The van der Waals surface area contributed by atoms with Gasteiger partial charge in [0.1, 0.15) is 0 Å². The number of likely N-dealkylation sites (N-methyl/N-ethyl adjacent to an activating group) is 1. The Kier molecular flexibility index (Phi) is 5.17. The average Bonchev–Trinajstić information content (AvgIpc) is 2.40. The van der Waals surface area contributed by atoms with Gasteiger partial charge in [-0.3, -0.25) is 4.90 Å². The SMILES string of the molecule is CN(Cc1ccccc1)[C@@H]1CCCN(CCN)C1. The summed E-state index contributed by atoms with van der Waals surface area (Å²) < 4.78 is 0. The fraction of sp³-hybridized carbons (Fsp3) is 0.600. The Morgan fingerprint density at radius 2 is 2.11 bits per heavy atom. The lowest BCUT2D eigenvalue weighted by molar-refractivity contribution is 0.114. The highest BCUT2D eigenvalue weighted by molar-refractivity contribution is 5.14. The van der Waals surface area contributed by atoms with Gasteiger partial charge in [-0.05, 0) is 32.0 Å². The van der Waals surface area contributed by atoms with Crippen LogP contribution < -0.4 is 5.73 Å². The molecule has 3 heteroatoms. The van der Waals surface area contributed by atoms with Gasteiger partial charge in [0.25, 0.3) is 0 Å². The number of nitrogens with zero attached hydrogens (tertiary/aromatic N) is 2. The molecule has 1 atom stereocenters. The standard InChI is InChI=1S/C15H25N3/c1-17(12-14-6-3-2-4-7-14)15-8-5-10-18(13-15)11-9-16/h2-4,6-7,15H,5,8-13,16H2,1H3/t15-/m1/s1. The summed E-state index contributed by atoms with van der Waals surface area (Å²) in [5, 5.41) is 0. The summed E-state index contributed by atoms with van der Waals surface area (Å²) in [6, 6.07) is 11.4. The predicted octanol–water partition coefficient (Wildman–Crippen LogP) is 1.54. The van der Waals surface area contributed by atoms with Crippen molar-refractivity contribution in [2.75, 3.05) is 33.2 Å². The Balaban J connectivity index is 1.86. The molecule has 2 N–H and O–H groups in total. The van der Waals surface area contributed by atoms with Crippen LogP contribution in [0.2, 0.25) is 0 Å². The molecular formula is C15H25N3. The smallest absolute Gasteiger partial charge is 0.0234 e. The third-order valence-electron chi connectivity index (χ3n) is 3.82. The lowest BCUT2D eigenvalue weighted by Crippen LogP contribution is -2.47. The van der Waals surface area contributed by atoms with Crippen LogP contribution in [-0.2, 0) is 6.54 Å². The molecule has 0 amide bonds. The van der Waals surface area contributed by atoms with Crippen LogP contribution in [0.3, 0.4) is 0 Å². The Morgan fingerprint density at radius 1 is 1.33 bits per heavy atom. The Morgan fingerprint density at radius 3 is 2.83 bits per heavy atom. The summed E-state index contributed by atoms with van der Waals surface area (Å²) in [5.41, 5.74) is 7.05. The Bertz CT molecular complexity index is 337. The molecule has 1 aromatic rings. The van der Waals surface area contributed by atoms with Gasteiger partial charge >= 0.3 is 0 Å². The molecule has 0 aromatic heterocycles. The summed E-state index contributed by atoms with van der Waals surface area (Å²) in [6.07, 6.45) is 2.61. The van der Waals surface area contributed by atoms with Crippen LogP contribution in [0.4, 0.5) is 0 Å². The predicted molar refractivity (Wildman–Crippen MR) is 76.4 cm³/mol. The van der Waals surface area contributed by atoms with Crippen LogP contribution >= 0.6 is 0 Å². The molecule has 1 aliphatic rings. The summed E-state index contributed by atoms with van der Waals surface area (Å²) in [4.78, 5) is 4.98. The van der Waals surface area contributed by atoms with Crippen molar-refractivity contribution in [2.45, 2.75) is 25.4 Å². The van der Waals surface area contributed by atoms with Gasteiger partial charge in [0.2, 0.25) is 0 Å². The van der Waals surface area contributed by atoms with Gasteiger partial charge in [-0.2, -0.15) is 0 Å². The molecule has 100 valence electrons. The molecule has 0 bridgehead atoms. The van der Waals surface area contributed by atoms with Crippen LogP contribution in [-0.4, -0.2) is 49.1 Å². The van der Waals surface area contributed by atoms with Crippen LogP contribution in [0.25, 0.3) is 0 Å². The number of hydrogen-bond acceptors (Lipinski definition) is 3. The van der Waals surface area contributed by atoms with Crippen LogP contribution in [0.15, 0.2) is 30.3 Å². The molecule has 3 nitrogen and oxygen atoms in total. The number of nitrogens with two attached hydrogens (primary N) is 1. The van der Waals surface area contributed by atoms with Crippen LogP contribution in [0, 0.1) is 0 Å². The lowest BCUT2D eigenvalue weighted by Gasteiger charge is -2.37. The van der Waals surface area contributed by atoms with E-state index in [9.17, 15) is 0 Å². The zero-order chi connectivity index (χ0) is 12.8. The minimum Gasteiger partial charge on any atom is -0.329 e. The Labute approximate surface area is 111 Å². The van der Waals surface area contributed by atoms with Gasteiger partial charge in [-0.1, -0.05) is 30.3 Å². The molecule has 0 spiro atoms. The molecule has 0 saturated carbocycles. The van der Waals surface area contributed by atoms with E-state index in [1.54, 1.807) is 0 Å². The highest BCUT2D eigenvalue weighted by Crippen LogP contribution is 2.16. The molecule has 1 saturated heterocycles. The van der Waals surface area contributed by atoms with Gasteiger partial charge in [0.15, 0.2) is 0 Å². The highest BCUT2D eigenvalue weighted by Gasteiger charge is 2.22. The fourth-order valence-electron chi connectivity index (χ4n) is 2.78. The van der Waals surface area contributed by atoms with Gasteiger partial charge in [-0.25, -0.2) is 0 Å². The quantitative estimate of drug-likeness (QED) is 0.856. The summed E-state index contributed by atoms with van der Waals surface area (Å²) in [6.45, 7) is 5.24. The maximum absolute atomic E-state index is 5.65. The third-order valence-corrected chi connectivity index (χ3v) is 3.82. The molecule has 1 aliphatic heterocycles. The highest BCUT2D eigenvalue weighted by atomic mass is 15.2. The normalized spacial score (nSPS) is 21.4. The maximum Gasteiger partial charge on any atom is 0.0234 e. The fourth-order valence-corrected chi connectivity index (χ4v) is 2.78. The van der Waals surface area contributed by atoms with Crippen molar-refractivity contribution in [1.29, 1.82) is 0 Å². The van der Waals surface area contributed by atoms with Gasteiger partial charge < -0.3 is 10.6 Å². The molecule has 0 radical (unpaired) electrons. The Hall–Kier alpha value is -0.900. The number of rotatable bonds is 5. The minimum atomic E-state index is 0.672. The topological polar surface area (TPSA) is 32.5 Å². The van der Waals surface area contributed by atoms with Crippen molar-refractivity contribution in [3.63, 3.8) is 0 Å². The molecule has 1 fully saturated rings. The van der Waals surface area contributed by atoms with E-state index in [1.165, 1.54) is 31.5 Å². The largest absolute Gasteiger partial charge is 0.329 e. The van der Waals surface area contributed by atoms with Crippen molar-refractivity contribution < 1.29 is 0 Å². The molecular weight excluding hydrogens is 222 g/mol. The molecule has 1 aromatic carbocycles. The monoisotopic (exact) mass is 247 g/mol. The van der Waals surface area contributed by atoms with Gasteiger partial charge in [0, 0.05) is 32.2 Å². The second-order valence-corrected chi connectivity index (χ2v) is 5.29. The van der Waals surface area contributed by atoms with Crippen molar-refractivity contribution in [1.82, 2.24) is 9.80 Å². The summed E-state index contributed by atoms with van der Waals surface area (Å²) in [5.74, 6) is 0. The number of benzene rings is 1. The van der Waals surface area contributed by atoms with Gasteiger partial charge in [-0.15, -0.1) is 0 Å². The second-order valence-electron chi connectivity index (χ2n) is 5.29. The number of hydrogen-bond donors (Lipinski definition) is 1. The first-order chi connectivity index (χ1) is 8.79. The summed E-state index contributed by atoms with van der Waals surface area (Å²) >= 11 is 0. The molecule has 0 aliphatic carbocycles. The van der Waals surface area contributed by atoms with E-state index in [4.69, 9.17) is 5.73 Å². The molecule has 0 unspecified atom stereocenters. The maximum atomic E-state index is 5.65. The van der Waals surface area contributed by atoms with Crippen LogP contribution in [0.5, 0.6) is 0 Å². The van der Waals surface area contributed by atoms with E-state index in [1.807, 2.05) is 0 Å². The third kappa shape index (κ3) is 3.80. The zero-order valence-corrected chi connectivity index (χ0v) is 11.4. The first kappa shape index (κ1) is 13.5. The van der Waals surface area contributed by atoms with Crippen LogP contribution in [0.1, 0.15) is 18.4 Å². The van der Waals surface area contributed by atoms with Crippen molar-refractivity contribution in [2.24, 2.45) is 5.73 Å². The van der Waals surface area contributed by atoms with E-state index in [0.717, 1.165) is 19.6 Å². The van der Waals surface area contributed by atoms with E-state index < -0.39 is 0 Å². The van der Waals surface area contributed by atoms with Gasteiger partial charge in [0.05, 0.1) is 0 Å². The first-order valence-electron chi connectivity index (χ1n) is 6.96. The van der Waals surface area contributed by atoms with Crippen molar-refractivity contribution in [3.05, 3.63) is 35.9 Å². The first-order valence-corrected chi connectivity index (χ1v) is 6.96. The minimum absolute atomic E-state index is 0.672. The number of likely N-dealkylation sites (tertiary alicyclic amines) is 1. The van der Waals surface area contributed by atoms with E-state index in [0.29, 0.717) is 6.04 Å². The summed E-state index contributed by atoms with van der Waals surface area (Å²) in [7, 11) is 2.24. The molecule has 1 heterocycles. The molecule has 2 rings (SSSR count). The van der Waals surface area contributed by atoms with E-state index in [2.05, 4.69) is 47.2 Å². The van der Waals surface area contributed by atoms with E-state index >= 15 is 0 Å².